The van der Waals surface area contributed by atoms with Crippen molar-refractivity contribution in [3.8, 4) is 0 Å². The number of aryl methyl sites for hydroxylation is 3. The summed E-state index contributed by atoms with van der Waals surface area (Å²) < 4.78 is 0. The van der Waals surface area contributed by atoms with Crippen molar-refractivity contribution >= 4 is 5.69 Å². The lowest BCUT2D eigenvalue weighted by Crippen LogP contribution is -2.23. The van der Waals surface area contributed by atoms with Gasteiger partial charge in [0, 0.05) is 17.6 Å². The molecule has 15 heavy (non-hydrogen) atoms. The van der Waals surface area contributed by atoms with Gasteiger partial charge in [0.1, 0.15) is 0 Å². The van der Waals surface area contributed by atoms with Gasteiger partial charge in [0.2, 0.25) is 0 Å². The number of hydrogen-bond donors (Lipinski definition) is 1. The predicted molar refractivity (Wildman–Crippen MR) is 64.9 cm³/mol. The predicted octanol–water partition coefficient (Wildman–Crippen LogP) is 2.84. The van der Waals surface area contributed by atoms with E-state index in [1.54, 1.807) is 0 Å². The number of rotatable bonds is 1. The zero-order chi connectivity index (χ0) is 11.0. The Labute approximate surface area is 91.6 Å². The molecule has 0 aromatic heterocycles. The molecule has 0 saturated carbocycles. The van der Waals surface area contributed by atoms with E-state index in [0.717, 1.165) is 6.67 Å². The summed E-state index contributed by atoms with van der Waals surface area (Å²) in [6, 6.07) is 4.49. The summed E-state index contributed by atoms with van der Waals surface area (Å²) in [6.07, 6.45) is 2.07. The summed E-state index contributed by atoms with van der Waals surface area (Å²) >= 11 is 0. The standard InChI is InChI=1S/C13H18N2/c1-9-5-10(2)13(11(3)6-9)15-8-14-7-12(15)4/h5-7,14H,8H2,1-4H3. The highest BCUT2D eigenvalue weighted by Crippen LogP contribution is 2.29. The van der Waals surface area contributed by atoms with Gasteiger partial charge in [-0.15, -0.1) is 0 Å². The van der Waals surface area contributed by atoms with Gasteiger partial charge in [-0.05, 0) is 38.8 Å². The number of allylic oxidation sites excluding steroid dienone is 1. The van der Waals surface area contributed by atoms with Gasteiger partial charge in [-0.25, -0.2) is 0 Å². The molecule has 2 heteroatoms. The first-order chi connectivity index (χ1) is 7.09. The molecule has 1 heterocycles. The molecule has 1 aromatic carbocycles. The Kier molecular flexibility index (Phi) is 2.43. The first kappa shape index (κ1) is 10.1. The molecular weight excluding hydrogens is 184 g/mol. The highest BCUT2D eigenvalue weighted by atomic mass is 15.3. The van der Waals surface area contributed by atoms with E-state index in [9.17, 15) is 0 Å². The minimum absolute atomic E-state index is 0.885. The summed E-state index contributed by atoms with van der Waals surface area (Å²) in [4.78, 5) is 2.32. The van der Waals surface area contributed by atoms with E-state index in [-0.39, 0.29) is 0 Å². The second-order valence-corrected chi connectivity index (χ2v) is 4.32. The Balaban J connectivity index is 2.48. The van der Waals surface area contributed by atoms with Gasteiger partial charge in [0.05, 0.1) is 6.67 Å². The van der Waals surface area contributed by atoms with E-state index in [1.807, 2.05) is 0 Å². The van der Waals surface area contributed by atoms with Crippen LogP contribution in [0.15, 0.2) is 24.0 Å². The summed E-state index contributed by atoms with van der Waals surface area (Å²) in [7, 11) is 0. The molecule has 1 N–H and O–H groups in total. The van der Waals surface area contributed by atoms with E-state index in [1.165, 1.54) is 28.1 Å². The molecule has 0 spiro atoms. The fraction of sp³-hybridized carbons (Fsp3) is 0.385. The first-order valence-electron chi connectivity index (χ1n) is 5.35. The van der Waals surface area contributed by atoms with Crippen LogP contribution in [-0.2, 0) is 0 Å². The van der Waals surface area contributed by atoms with Crippen LogP contribution in [0.2, 0.25) is 0 Å². The van der Waals surface area contributed by atoms with Crippen LogP contribution in [0.4, 0.5) is 5.69 Å². The molecule has 2 rings (SSSR count). The highest BCUT2D eigenvalue weighted by Gasteiger charge is 2.16. The van der Waals surface area contributed by atoms with Gasteiger partial charge >= 0.3 is 0 Å². The summed E-state index contributed by atoms with van der Waals surface area (Å²) in [5.74, 6) is 0. The second kappa shape index (κ2) is 3.61. The van der Waals surface area contributed by atoms with Crippen LogP contribution in [-0.4, -0.2) is 6.67 Å². The quantitative estimate of drug-likeness (QED) is 0.753. The molecule has 1 aliphatic rings. The van der Waals surface area contributed by atoms with Crippen LogP contribution in [0.3, 0.4) is 0 Å². The van der Waals surface area contributed by atoms with Crippen LogP contribution >= 0.6 is 0 Å². The third-order valence-corrected chi connectivity index (χ3v) is 2.89. The highest BCUT2D eigenvalue weighted by molar-refractivity contribution is 5.64. The molecule has 0 bridgehead atoms. The van der Waals surface area contributed by atoms with Crippen LogP contribution in [0, 0.1) is 20.8 Å². The van der Waals surface area contributed by atoms with Crippen molar-refractivity contribution in [1.29, 1.82) is 0 Å². The Hall–Kier alpha value is -1.44. The number of benzene rings is 1. The Morgan fingerprint density at radius 1 is 1.07 bits per heavy atom. The van der Waals surface area contributed by atoms with Crippen LogP contribution < -0.4 is 10.2 Å². The lowest BCUT2D eigenvalue weighted by Gasteiger charge is -2.24. The van der Waals surface area contributed by atoms with Crippen molar-refractivity contribution in [3.05, 3.63) is 40.7 Å². The first-order valence-corrected chi connectivity index (χ1v) is 5.35. The topological polar surface area (TPSA) is 15.3 Å². The molecular formula is C13H18N2. The third kappa shape index (κ3) is 1.72. The number of nitrogens with zero attached hydrogens (tertiary/aromatic N) is 1. The largest absolute Gasteiger partial charge is 0.372 e. The van der Waals surface area contributed by atoms with Gasteiger partial charge < -0.3 is 10.2 Å². The fourth-order valence-corrected chi connectivity index (χ4v) is 2.34. The maximum atomic E-state index is 3.25. The van der Waals surface area contributed by atoms with Gasteiger partial charge in [0.25, 0.3) is 0 Å². The minimum Gasteiger partial charge on any atom is -0.372 e. The number of nitrogens with one attached hydrogen (secondary N) is 1. The van der Waals surface area contributed by atoms with E-state index < -0.39 is 0 Å². The molecule has 0 amide bonds. The lowest BCUT2D eigenvalue weighted by molar-refractivity contribution is 0.880. The van der Waals surface area contributed by atoms with Gasteiger partial charge in [-0.2, -0.15) is 0 Å². The molecule has 0 unspecified atom stereocenters. The van der Waals surface area contributed by atoms with Crippen molar-refractivity contribution < 1.29 is 0 Å². The molecule has 0 radical (unpaired) electrons. The Morgan fingerprint density at radius 2 is 1.67 bits per heavy atom. The number of hydrogen-bond acceptors (Lipinski definition) is 2. The zero-order valence-corrected chi connectivity index (χ0v) is 9.89. The van der Waals surface area contributed by atoms with Crippen molar-refractivity contribution in [3.63, 3.8) is 0 Å². The van der Waals surface area contributed by atoms with Crippen molar-refractivity contribution in [2.24, 2.45) is 0 Å². The summed E-state index contributed by atoms with van der Waals surface area (Å²) in [6.45, 7) is 9.53. The molecule has 1 aromatic rings. The molecule has 0 aliphatic carbocycles. The minimum atomic E-state index is 0.885. The molecule has 0 saturated heterocycles. The van der Waals surface area contributed by atoms with E-state index in [4.69, 9.17) is 0 Å². The van der Waals surface area contributed by atoms with E-state index in [0.29, 0.717) is 0 Å². The average molecular weight is 202 g/mol. The van der Waals surface area contributed by atoms with Crippen LogP contribution in [0.5, 0.6) is 0 Å². The molecule has 2 nitrogen and oxygen atoms in total. The van der Waals surface area contributed by atoms with Gasteiger partial charge in [-0.1, -0.05) is 17.7 Å². The maximum Gasteiger partial charge on any atom is 0.0919 e. The monoisotopic (exact) mass is 202 g/mol. The SMILES string of the molecule is CC1=CNCN1c1c(C)cc(C)cc1C. The van der Waals surface area contributed by atoms with Crippen LogP contribution in [0.25, 0.3) is 0 Å². The van der Waals surface area contributed by atoms with Crippen molar-refractivity contribution in [2.45, 2.75) is 27.7 Å². The zero-order valence-electron chi connectivity index (χ0n) is 9.89. The molecule has 0 fully saturated rings. The second-order valence-electron chi connectivity index (χ2n) is 4.32. The summed E-state index contributed by atoms with van der Waals surface area (Å²) in [5, 5.41) is 3.25. The average Bonchev–Trinajstić information content (AvgIpc) is 2.50. The fourth-order valence-electron chi connectivity index (χ4n) is 2.34. The van der Waals surface area contributed by atoms with Crippen molar-refractivity contribution in [1.82, 2.24) is 5.32 Å². The third-order valence-electron chi connectivity index (χ3n) is 2.89. The Bertz CT molecular complexity index is 396. The van der Waals surface area contributed by atoms with Crippen LogP contribution in [0.1, 0.15) is 23.6 Å². The van der Waals surface area contributed by atoms with E-state index >= 15 is 0 Å². The lowest BCUT2D eigenvalue weighted by atomic mass is 10.0. The molecule has 1 aliphatic heterocycles. The maximum absolute atomic E-state index is 3.25. The van der Waals surface area contributed by atoms with Crippen molar-refractivity contribution in [2.75, 3.05) is 11.6 Å². The number of anilines is 1. The van der Waals surface area contributed by atoms with Gasteiger partial charge in [-0.3, -0.25) is 0 Å². The normalized spacial score (nSPS) is 15.2. The van der Waals surface area contributed by atoms with E-state index in [2.05, 4.69) is 56.2 Å². The Morgan fingerprint density at radius 3 is 2.13 bits per heavy atom. The smallest absolute Gasteiger partial charge is 0.0919 e. The summed E-state index contributed by atoms with van der Waals surface area (Å²) in [5.41, 5.74) is 6.67. The molecule has 80 valence electrons. The molecule has 0 atom stereocenters. The van der Waals surface area contributed by atoms with Gasteiger partial charge in [0.15, 0.2) is 0 Å².